The molecular weight excluding hydrogens is 238 g/mol. The number of likely N-dealkylation sites (N-methyl/N-ethyl adjacent to an activating group) is 1. The minimum absolute atomic E-state index is 0.311. The van der Waals surface area contributed by atoms with Gasteiger partial charge in [-0.25, -0.2) is 13.2 Å². The predicted molar refractivity (Wildman–Crippen MR) is 52.8 cm³/mol. The van der Waals surface area contributed by atoms with Gasteiger partial charge in [-0.15, -0.1) is 0 Å². The van der Waals surface area contributed by atoms with Crippen LogP contribution in [0, 0.1) is 23.3 Å². The van der Waals surface area contributed by atoms with Gasteiger partial charge in [-0.2, -0.15) is 4.39 Å². The molecular formula is C11H11F4NO. The van der Waals surface area contributed by atoms with Gasteiger partial charge in [0.1, 0.15) is 6.10 Å². The molecule has 1 aromatic rings. The monoisotopic (exact) mass is 249 g/mol. The van der Waals surface area contributed by atoms with E-state index in [0.717, 1.165) is 6.54 Å². The highest BCUT2D eigenvalue weighted by molar-refractivity contribution is 5.28. The maximum atomic E-state index is 13.2. The maximum Gasteiger partial charge on any atom is 0.203 e. The third-order valence-electron chi connectivity index (χ3n) is 2.73. The van der Waals surface area contributed by atoms with E-state index in [9.17, 15) is 17.6 Å². The van der Waals surface area contributed by atoms with Crippen molar-refractivity contribution in [3.8, 4) is 5.75 Å². The fraction of sp³-hybridized carbons (Fsp3) is 0.455. The summed E-state index contributed by atoms with van der Waals surface area (Å²) >= 11 is 0. The summed E-state index contributed by atoms with van der Waals surface area (Å²) in [5.41, 5.74) is 0. The molecule has 0 radical (unpaired) electrons. The van der Waals surface area contributed by atoms with Crippen LogP contribution in [0.5, 0.6) is 5.75 Å². The Hall–Kier alpha value is -1.30. The summed E-state index contributed by atoms with van der Waals surface area (Å²) in [7, 11) is 0. The zero-order chi connectivity index (χ0) is 12.6. The zero-order valence-electron chi connectivity index (χ0n) is 9.14. The van der Waals surface area contributed by atoms with E-state index in [1.165, 1.54) is 0 Å². The molecule has 2 rings (SSSR count). The smallest absolute Gasteiger partial charge is 0.203 e. The van der Waals surface area contributed by atoms with Gasteiger partial charge < -0.3 is 4.74 Å². The second-order valence-corrected chi connectivity index (χ2v) is 3.89. The van der Waals surface area contributed by atoms with Crippen LogP contribution in [-0.4, -0.2) is 30.6 Å². The summed E-state index contributed by atoms with van der Waals surface area (Å²) in [5.74, 6) is -7.18. The summed E-state index contributed by atoms with van der Waals surface area (Å²) in [5, 5.41) is 0. The van der Waals surface area contributed by atoms with Crippen LogP contribution in [0.1, 0.15) is 6.92 Å². The highest BCUT2D eigenvalue weighted by Gasteiger charge is 2.29. The molecule has 0 unspecified atom stereocenters. The molecule has 1 heterocycles. The molecule has 0 saturated carbocycles. The molecule has 6 heteroatoms. The van der Waals surface area contributed by atoms with Crippen LogP contribution in [0.3, 0.4) is 0 Å². The number of rotatable bonds is 3. The molecule has 17 heavy (non-hydrogen) atoms. The Morgan fingerprint density at radius 1 is 1.18 bits per heavy atom. The standard InChI is InChI=1S/C11H11F4NO/c1-2-16-4-6(5-16)17-8-3-7(12)9(13)11(15)10(8)14/h3,6H,2,4-5H2,1H3. The van der Waals surface area contributed by atoms with Crippen molar-refractivity contribution < 1.29 is 22.3 Å². The SMILES string of the molecule is CCN1CC(Oc2cc(F)c(F)c(F)c2F)C1. The van der Waals surface area contributed by atoms with Crippen LogP contribution in [0.15, 0.2) is 6.07 Å². The van der Waals surface area contributed by atoms with Crippen molar-refractivity contribution in [3.05, 3.63) is 29.3 Å². The molecule has 1 aromatic carbocycles. The molecule has 0 amide bonds. The van der Waals surface area contributed by atoms with Crippen LogP contribution in [0.4, 0.5) is 17.6 Å². The second-order valence-electron chi connectivity index (χ2n) is 3.89. The number of benzene rings is 1. The molecule has 2 nitrogen and oxygen atoms in total. The van der Waals surface area contributed by atoms with Crippen molar-refractivity contribution in [1.82, 2.24) is 4.90 Å². The Morgan fingerprint density at radius 2 is 1.82 bits per heavy atom. The topological polar surface area (TPSA) is 12.5 Å². The van der Waals surface area contributed by atoms with Gasteiger partial charge in [-0.3, -0.25) is 4.90 Å². The van der Waals surface area contributed by atoms with E-state index in [2.05, 4.69) is 0 Å². The van der Waals surface area contributed by atoms with E-state index < -0.39 is 29.0 Å². The third-order valence-corrected chi connectivity index (χ3v) is 2.73. The van der Waals surface area contributed by atoms with E-state index in [1.807, 2.05) is 11.8 Å². The Kier molecular flexibility index (Phi) is 3.24. The summed E-state index contributed by atoms with van der Waals surface area (Å²) in [6.07, 6.45) is -0.311. The average Bonchev–Trinajstić information content (AvgIpc) is 2.26. The Balaban J connectivity index is 2.12. The summed E-state index contributed by atoms with van der Waals surface area (Å²) in [6.45, 7) is 3.91. The lowest BCUT2D eigenvalue weighted by molar-refractivity contribution is 0.0206. The van der Waals surface area contributed by atoms with Crippen molar-refractivity contribution in [1.29, 1.82) is 0 Å². The van der Waals surface area contributed by atoms with Crippen molar-refractivity contribution in [2.75, 3.05) is 19.6 Å². The normalized spacial score (nSPS) is 17.0. The quantitative estimate of drug-likeness (QED) is 0.463. The molecule has 0 aromatic heterocycles. The van der Waals surface area contributed by atoms with Crippen LogP contribution >= 0.6 is 0 Å². The molecule has 0 atom stereocenters. The van der Waals surface area contributed by atoms with E-state index in [0.29, 0.717) is 19.2 Å². The Labute approximate surface area is 95.8 Å². The Morgan fingerprint density at radius 3 is 2.41 bits per heavy atom. The molecule has 1 aliphatic heterocycles. The lowest BCUT2D eigenvalue weighted by Crippen LogP contribution is -2.53. The van der Waals surface area contributed by atoms with Gasteiger partial charge in [0.05, 0.1) is 0 Å². The average molecular weight is 249 g/mol. The lowest BCUT2D eigenvalue weighted by atomic mass is 10.1. The van der Waals surface area contributed by atoms with Gasteiger partial charge in [-0.05, 0) is 6.54 Å². The molecule has 0 N–H and O–H groups in total. The highest BCUT2D eigenvalue weighted by Crippen LogP contribution is 2.27. The first-order chi connectivity index (χ1) is 8.02. The number of hydrogen-bond acceptors (Lipinski definition) is 2. The molecule has 0 bridgehead atoms. The van der Waals surface area contributed by atoms with Crippen molar-refractivity contribution >= 4 is 0 Å². The molecule has 1 fully saturated rings. The van der Waals surface area contributed by atoms with Crippen molar-refractivity contribution in [3.63, 3.8) is 0 Å². The van der Waals surface area contributed by atoms with E-state index in [4.69, 9.17) is 4.74 Å². The first kappa shape index (κ1) is 12.2. The van der Waals surface area contributed by atoms with Crippen LogP contribution in [0.25, 0.3) is 0 Å². The summed E-state index contributed by atoms with van der Waals surface area (Å²) < 4.78 is 56.7. The molecule has 0 spiro atoms. The van der Waals surface area contributed by atoms with Gasteiger partial charge >= 0.3 is 0 Å². The molecule has 94 valence electrons. The second kappa shape index (κ2) is 4.52. The number of likely N-dealkylation sites (tertiary alicyclic amines) is 1. The molecule has 1 aliphatic rings. The van der Waals surface area contributed by atoms with Crippen molar-refractivity contribution in [2.24, 2.45) is 0 Å². The van der Waals surface area contributed by atoms with Gasteiger partial charge in [-0.1, -0.05) is 6.92 Å². The summed E-state index contributed by atoms with van der Waals surface area (Å²) in [4.78, 5) is 2.01. The lowest BCUT2D eigenvalue weighted by Gasteiger charge is -2.38. The largest absolute Gasteiger partial charge is 0.484 e. The minimum Gasteiger partial charge on any atom is -0.484 e. The molecule has 1 saturated heterocycles. The van der Waals surface area contributed by atoms with Gasteiger partial charge in [0.15, 0.2) is 17.4 Å². The highest BCUT2D eigenvalue weighted by atomic mass is 19.2. The van der Waals surface area contributed by atoms with E-state index in [-0.39, 0.29) is 6.10 Å². The fourth-order valence-corrected chi connectivity index (χ4v) is 1.67. The van der Waals surface area contributed by atoms with Gasteiger partial charge in [0.2, 0.25) is 11.6 Å². The summed E-state index contributed by atoms with van der Waals surface area (Å²) in [6, 6.07) is 0.530. The maximum absolute atomic E-state index is 13.2. The fourth-order valence-electron chi connectivity index (χ4n) is 1.67. The Bertz CT molecular complexity index is 432. The number of hydrogen-bond donors (Lipinski definition) is 0. The number of nitrogens with zero attached hydrogens (tertiary/aromatic N) is 1. The number of ether oxygens (including phenoxy) is 1. The van der Waals surface area contributed by atoms with Gasteiger partial charge in [0.25, 0.3) is 0 Å². The van der Waals surface area contributed by atoms with Crippen LogP contribution in [0.2, 0.25) is 0 Å². The number of halogens is 4. The van der Waals surface area contributed by atoms with Crippen LogP contribution < -0.4 is 4.74 Å². The van der Waals surface area contributed by atoms with E-state index >= 15 is 0 Å². The zero-order valence-corrected chi connectivity index (χ0v) is 9.14. The minimum atomic E-state index is -1.84. The van der Waals surface area contributed by atoms with E-state index in [1.54, 1.807) is 0 Å². The predicted octanol–water partition coefficient (Wildman–Crippen LogP) is 2.33. The van der Waals surface area contributed by atoms with Crippen LogP contribution in [-0.2, 0) is 0 Å². The van der Waals surface area contributed by atoms with Crippen molar-refractivity contribution in [2.45, 2.75) is 13.0 Å². The molecule has 0 aliphatic carbocycles. The first-order valence-electron chi connectivity index (χ1n) is 5.25. The third kappa shape index (κ3) is 2.22. The van der Waals surface area contributed by atoms with Gasteiger partial charge in [0, 0.05) is 19.2 Å². The first-order valence-corrected chi connectivity index (χ1v) is 5.25.